The first-order valence-corrected chi connectivity index (χ1v) is 8.22. The van der Waals surface area contributed by atoms with Gasteiger partial charge in [-0.2, -0.15) is 0 Å². The van der Waals surface area contributed by atoms with E-state index < -0.39 is 10.0 Å². The number of rotatable bonds is 4. The quantitative estimate of drug-likeness (QED) is 0.915. The van der Waals surface area contributed by atoms with Crippen molar-refractivity contribution in [3.8, 4) is 0 Å². The Labute approximate surface area is 128 Å². The Balaban J connectivity index is 3.47. The summed E-state index contributed by atoms with van der Waals surface area (Å²) in [6, 6.07) is 2.41. The molecule has 0 saturated heterocycles. The number of hydrogen-bond donors (Lipinski definition) is 1. The average Bonchev–Trinajstić information content (AvgIpc) is 2.30. The Morgan fingerprint density at radius 1 is 1.35 bits per heavy atom. The van der Waals surface area contributed by atoms with Gasteiger partial charge >= 0.3 is 0 Å². The number of benzene rings is 1. The molecule has 20 heavy (non-hydrogen) atoms. The molecule has 112 valence electrons. The third-order valence-corrected chi connectivity index (χ3v) is 4.44. The second-order valence-corrected chi connectivity index (χ2v) is 6.84. The summed E-state index contributed by atoms with van der Waals surface area (Å²) in [6.45, 7) is 5.97. The van der Waals surface area contributed by atoms with Crippen LogP contribution in [0, 0.1) is 0 Å². The summed E-state index contributed by atoms with van der Waals surface area (Å²) in [6.07, 6.45) is 0. The van der Waals surface area contributed by atoms with Gasteiger partial charge in [0, 0.05) is 17.6 Å². The molecule has 1 rings (SSSR count). The van der Waals surface area contributed by atoms with Crippen LogP contribution in [0.1, 0.15) is 31.1 Å². The summed E-state index contributed by atoms with van der Waals surface area (Å²) >= 11 is 11.9. The van der Waals surface area contributed by atoms with Gasteiger partial charge in [0.25, 0.3) is 5.91 Å². The molecule has 0 aliphatic carbocycles. The molecule has 0 atom stereocenters. The third kappa shape index (κ3) is 3.63. The molecule has 0 aromatic heterocycles. The highest BCUT2D eigenvalue weighted by Gasteiger charge is 2.25. The largest absolute Gasteiger partial charge is 0.336 e. The molecule has 0 aliphatic heterocycles. The number of hydrogen-bond acceptors (Lipinski definition) is 3. The molecule has 1 aromatic carbocycles. The summed E-state index contributed by atoms with van der Waals surface area (Å²) in [5.74, 6) is -0.389. The van der Waals surface area contributed by atoms with Gasteiger partial charge in [-0.15, -0.1) is 0 Å². The Morgan fingerprint density at radius 2 is 1.90 bits per heavy atom. The van der Waals surface area contributed by atoms with E-state index in [-0.39, 0.29) is 32.5 Å². The molecule has 0 spiro atoms. The zero-order chi connectivity index (χ0) is 15.7. The van der Waals surface area contributed by atoms with Crippen molar-refractivity contribution in [2.75, 3.05) is 6.54 Å². The number of sulfonamides is 1. The number of halogens is 2. The molecular weight excluding hydrogens is 323 g/mol. The maximum atomic E-state index is 12.4. The Bertz CT molecular complexity index is 630. The van der Waals surface area contributed by atoms with Gasteiger partial charge in [-0.25, -0.2) is 13.6 Å². The molecule has 0 aliphatic rings. The van der Waals surface area contributed by atoms with Crippen molar-refractivity contribution in [3.05, 3.63) is 27.7 Å². The molecule has 0 fully saturated rings. The van der Waals surface area contributed by atoms with Crippen LogP contribution in [0.5, 0.6) is 0 Å². The number of nitrogens with zero attached hydrogens (tertiary/aromatic N) is 1. The van der Waals surface area contributed by atoms with Crippen LogP contribution in [-0.4, -0.2) is 31.8 Å². The minimum atomic E-state index is -4.05. The summed E-state index contributed by atoms with van der Waals surface area (Å²) in [7, 11) is -4.05. The molecule has 0 heterocycles. The minimum Gasteiger partial charge on any atom is -0.336 e. The fourth-order valence-electron chi connectivity index (χ4n) is 1.82. The summed E-state index contributed by atoms with van der Waals surface area (Å²) in [4.78, 5) is 13.6. The highest BCUT2D eigenvalue weighted by atomic mass is 35.5. The second kappa shape index (κ2) is 6.30. The molecule has 0 unspecified atom stereocenters. The number of primary sulfonamides is 1. The molecule has 8 heteroatoms. The van der Waals surface area contributed by atoms with Crippen molar-refractivity contribution < 1.29 is 13.2 Å². The molecule has 0 radical (unpaired) electrons. The molecule has 1 aromatic rings. The first-order valence-electron chi connectivity index (χ1n) is 5.92. The monoisotopic (exact) mass is 338 g/mol. The highest BCUT2D eigenvalue weighted by molar-refractivity contribution is 7.89. The lowest BCUT2D eigenvalue weighted by Gasteiger charge is -2.26. The second-order valence-electron chi connectivity index (χ2n) is 4.50. The van der Waals surface area contributed by atoms with E-state index in [0.29, 0.717) is 6.54 Å². The molecule has 1 amide bonds. The van der Waals surface area contributed by atoms with Crippen molar-refractivity contribution >= 4 is 39.1 Å². The van der Waals surface area contributed by atoms with Crippen LogP contribution < -0.4 is 5.14 Å². The zero-order valence-electron chi connectivity index (χ0n) is 11.4. The van der Waals surface area contributed by atoms with Gasteiger partial charge < -0.3 is 4.90 Å². The van der Waals surface area contributed by atoms with E-state index in [2.05, 4.69) is 0 Å². The lowest BCUT2D eigenvalue weighted by molar-refractivity contribution is 0.0717. The number of amides is 1. The van der Waals surface area contributed by atoms with Gasteiger partial charge in [0.15, 0.2) is 0 Å². The summed E-state index contributed by atoms with van der Waals surface area (Å²) < 4.78 is 22.9. The van der Waals surface area contributed by atoms with Crippen molar-refractivity contribution in [3.63, 3.8) is 0 Å². The van der Waals surface area contributed by atoms with Crippen molar-refractivity contribution in [2.45, 2.75) is 31.7 Å². The fraction of sp³-hybridized carbons (Fsp3) is 0.417. The van der Waals surface area contributed by atoms with E-state index in [1.807, 2.05) is 20.8 Å². The maximum absolute atomic E-state index is 12.4. The highest BCUT2D eigenvalue weighted by Crippen LogP contribution is 2.30. The summed E-state index contributed by atoms with van der Waals surface area (Å²) in [5.41, 5.74) is 0.0266. The number of nitrogens with two attached hydrogens (primary N) is 1. The van der Waals surface area contributed by atoms with Gasteiger partial charge in [0.1, 0.15) is 4.90 Å². The van der Waals surface area contributed by atoms with Crippen molar-refractivity contribution in [1.82, 2.24) is 4.90 Å². The molecule has 0 bridgehead atoms. The third-order valence-electron chi connectivity index (χ3n) is 2.77. The van der Waals surface area contributed by atoms with Crippen LogP contribution in [0.25, 0.3) is 0 Å². The smallest absolute Gasteiger partial charge is 0.255 e. The van der Waals surface area contributed by atoms with E-state index >= 15 is 0 Å². The predicted molar refractivity (Wildman–Crippen MR) is 79.7 cm³/mol. The first-order chi connectivity index (χ1) is 9.09. The van der Waals surface area contributed by atoms with Gasteiger partial charge in [-0.1, -0.05) is 23.2 Å². The molecule has 0 saturated carbocycles. The minimum absolute atomic E-state index is 0.0266. The Kier molecular flexibility index (Phi) is 5.43. The van der Waals surface area contributed by atoms with Crippen LogP contribution in [-0.2, 0) is 10.0 Å². The van der Waals surface area contributed by atoms with E-state index in [1.54, 1.807) is 4.90 Å². The van der Waals surface area contributed by atoms with Crippen LogP contribution in [0.15, 0.2) is 17.0 Å². The average molecular weight is 339 g/mol. The summed E-state index contributed by atoms with van der Waals surface area (Å²) in [5, 5.41) is 4.95. The van der Waals surface area contributed by atoms with E-state index in [9.17, 15) is 13.2 Å². The van der Waals surface area contributed by atoms with Crippen LogP contribution in [0.2, 0.25) is 10.0 Å². The Morgan fingerprint density at radius 3 is 2.30 bits per heavy atom. The number of carbonyl (C=O) groups excluding carboxylic acids is 1. The van der Waals surface area contributed by atoms with E-state index in [4.69, 9.17) is 28.3 Å². The maximum Gasteiger partial charge on any atom is 0.255 e. The molecule has 5 nitrogen and oxygen atoms in total. The zero-order valence-corrected chi connectivity index (χ0v) is 13.7. The number of carbonyl (C=O) groups is 1. The fourth-order valence-corrected chi connectivity index (χ4v) is 3.27. The van der Waals surface area contributed by atoms with Gasteiger partial charge in [0.05, 0.1) is 10.6 Å². The van der Waals surface area contributed by atoms with Gasteiger partial charge in [-0.3, -0.25) is 4.79 Å². The molecule has 2 N–H and O–H groups in total. The lowest BCUT2D eigenvalue weighted by atomic mass is 10.1. The Hall–Kier alpha value is -0.820. The van der Waals surface area contributed by atoms with Gasteiger partial charge in [-0.05, 0) is 32.9 Å². The van der Waals surface area contributed by atoms with Crippen LogP contribution in [0.4, 0.5) is 0 Å². The predicted octanol–water partition coefficient (Wildman–Crippen LogP) is 2.51. The van der Waals surface area contributed by atoms with Crippen molar-refractivity contribution in [2.24, 2.45) is 5.14 Å². The van der Waals surface area contributed by atoms with E-state index in [0.717, 1.165) is 6.07 Å². The van der Waals surface area contributed by atoms with Crippen molar-refractivity contribution in [1.29, 1.82) is 0 Å². The normalized spacial score (nSPS) is 11.8. The SMILES string of the molecule is CCN(C(=O)c1cc(Cl)cc(S(N)(=O)=O)c1Cl)C(C)C. The first kappa shape index (κ1) is 17.2. The van der Waals surface area contributed by atoms with Crippen LogP contribution >= 0.6 is 23.2 Å². The van der Waals surface area contributed by atoms with E-state index in [1.165, 1.54) is 6.07 Å². The standard InChI is InChI=1S/C12H16Cl2N2O3S/c1-4-16(7(2)3)12(17)9-5-8(13)6-10(11(9)14)20(15,18)19/h5-7H,4H2,1-3H3,(H2,15,18,19). The van der Waals surface area contributed by atoms with Gasteiger partial charge in [0.2, 0.25) is 10.0 Å². The van der Waals surface area contributed by atoms with Crippen LogP contribution in [0.3, 0.4) is 0 Å². The lowest BCUT2D eigenvalue weighted by Crippen LogP contribution is -2.37. The molecular formula is C12H16Cl2N2O3S. The topological polar surface area (TPSA) is 80.5 Å².